The zero-order valence-electron chi connectivity index (χ0n) is 10.4. The van der Waals surface area contributed by atoms with Crippen molar-refractivity contribution in [1.82, 2.24) is 0 Å². The highest BCUT2D eigenvalue weighted by atomic mass is 79.9. The molecule has 0 heterocycles. The lowest BCUT2D eigenvalue weighted by Crippen LogP contribution is -2.12. The minimum atomic E-state index is 0.761. The third-order valence-electron chi connectivity index (χ3n) is 4.42. The van der Waals surface area contributed by atoms with E-state index < -0.39 is 0 Å². The van der Waals surface area contributed by atoms with Gasteiger partial charge in [-0.1, -0.05) is 46.6 Å². The highest BCUT2D eigenvalue weighted by molar-refractivity contribution is 9.09. The zero-order chi connectivity index (χ0) is 11.7. The summed E-state index contributed by atoms with van der Waals surface area (Å²) in [4.78, 5) is 0.761. The molecule has 92 valence electrons. The number of hydrogen-bond donors (Lipinski definition) is 0. The van der Waals surface area contributed by atoms with Crippen molar-refractivity contribution in [2.75, 3.05) is 0 Å². The van der Waals surface area contributed by atoms with Crippen molar-refractivity contribution in [2.24, 2.45) is 5.92 Å². The third-order valence-corrected chi connectivity index (χ3v) is 5.63. The van der Waals surface area contributed by atoms with E-state index in [9.17, 15) is 0 Å². The Morgan fingerprint density at radius 2 is 1.88 bits per heavy atom. The predicted molar refractivity (Wildman–Crippen MR) is 76.8 cm³/mol. The largest absolute Gasteiger partial charge is 0.0888 e. The monoisotopic (exact) mass is 292 g/mol. The van der Waals surface area contributed by atoms with Gasteiger partial charge >= 0.3 is 0 Å². The maximum absolute atomic E-state index is 3.85. The van der Waals surface area contributed by atoms with Crippen LogP contribution < -0.4 is 0 Å². The van der Waals surface area contributed by atoms with Gasteiger partial charge in [0.15, 0.2) is 0 Å². The zero-order valence-corrected chi connectivity index (χ0v) is 12.0. The normalized spacial score (nSPS) is 22.2. The van der Waals surface area contributed by atoms with Gasteiger partial charge in [-0.15, -0.1) is 0 Å². The van der Waals surface area contributed by atoms with E-state index in [0.29, 0.717) is 0 Å². The average molecular weight is 293 g/mol. The Hall–Kier alpha value is -0.300. The van der Waals surface area contributed by atoms with Crippen molar-refractivity contribution in [1.29, 1.82) is 0 Å². The molecule has 2 aliphatic rings. The summed E-state index contributed by atoms with van der Waals surface area (Å²) in [7, 11) is 0. The van der Waals surface area contributed by atoms with Crippen molar-refractivity contribution in [3.63, 3.8) is 0 Å². The molecule has 0 bridgehead atoms. The number of benzene rings is 1. The molecule has 0 saturated heterocycles. The summed E-state index contributed by atoms with van der Waals surface area (Å²) in [5, 5.41) is 0. The summed E-state index contributed by atoms with van der Waals surface area (Å²) in [6.07, 6.45) is 9.73. The standard InChI is InChI=1S/C16H21Br/c17-16(14-8-9-14)11-10-13-4-1-2-7-15(13)12-5-3-6-12/h1-2,4,7,12,14,16H,3,5-6,8-11H2. The minimum Gasteiger partial charge on any atom is -0.0888 e. The predicted octanol–water partition coefficient (Wildman–Crippen LogP) is 5.06. The van der Waals surface area contributed by atoms with Gasteiger partial charge in [-0.2, -0.15) is 0 Å². The molecular formula is C16H21Br. The third kappa shape index (κ3) is 2.76. The van der Waals surface area contributed by atoms with Gasteiger partial charge in [0.2, 0.25) is 0 Å². The fourth-order valence-electron chi connectivity index (χ4n) is 2.87. The first kappa shape index (κ1) is 11.8. The van der Waals surface area contributed by atoms with E-state index in [1.807, 2.05) is 0 Å². The summed E-state index contributed by atoms with van der Waals surface area (Å²) in [5.74, 6) is 1.85. The molecule has 0 nitrogen and oxygen atoms in total. The highest BCUT2D eigenvalue weighted by Gasteiger charge is 2.29. The van der Waals surface area contributed by atoms with Gasteiger partial charge < -0.3 is 0 Å². The van der Waals surface area contributed by atoms with Crippen LogP contribution in [-0.2, 0) is 6.42 Å². The Balaban J connectivity index is 1.64. The second kappa shape index (κ2) is 5.14. The fraction of sp³-hybridized carbons (Fsp3) is 0.625. The van der Waals surface area contributed by atoms with Gasteiger partial charge in [-0.25, -0.2) is 0 Å². The summed E-state index contributed by atoms with van der Waals surface area (Å²) < 4.78 is 0. The Kier molecular flexibility index (Phi) is 3.56. The summed E-state index contributed by atoms with van der Waals surface area (Å²) in [6, 6.07) is 9.13. The number of alkyl halides is 1. The van der Waals surface area contributed by atoms with Crippen molar-refractivity contribution in [2.45, 2.75) is 55.7 Å². The molecule has 1 atom stereocenters. The van der Waals surface area contributed by atoms with E-state index in [0.717, 1.165) is 16.7 Å². The molecule has 17 heavy (non-hydrogen) atoms. The molecule has 2 fully saturated rings. The molecule has 0 radical (unpaired) electrons. The maximum Gasteiger partial charge on any atom is 0.0177 e. The van der Waals surface area contributed by atoms with E-state index in [1.165, 1.54) is 44.9 Å². The number of rotatable bonds is 5. The molecule has 1 aromatic rings. The van der Waals surface area contributed by atoms with Crippen LogP contribution in [0.4, 0.5) is 0 Å². The molecule has 0 amide bonds. The first-order valence-electron chi connectivity index (χ1n) is 7.06. The lowest BCUT2D eigenvalue weighted by atomic mass is 9.77. The van der Waals surface area contributed by atoms with E-state index in [1.54, 1.807) is 11.1 Å². The number of aryl methyl sites for hydroxylation is 1. The molecule has 0 spiro atoms. The maximum atomic E-state index is 3.85. The van der Waals surface area contributed by atoms with E-state index in [-0.39, 0.29) is 0 Å². The first-order valence-corrected chi connectivity index (χ1v) is 7.98. The quantitative estimate of drug-likeness (QED) is 0.666. The molecular weight excluding hydrogens is 272 g/mol. The smallest absolute Gasteiger partial charge is 0.0177 e. The molecule has 0 aromatic heterocycles. The van der Waals surface area contributed by atoms with E-state index >= 15 is 0 Å². The lowest BCUT2D eigenvalue weighted by Gasteiger charge is -2.28. The Morgan fingerprint density at radius 1 is 1.12 bits per heavy atom. The van der Waals surface area contributed by atoms with Crippen LogP contribution in [0.15, 0.2) is 24.3 Å². The number of halogens is 1. The minimum absolute atomic E-state index is 0.761. The van der Waals surface area contributed by atoms with Gasteiger partial charge in [0.05, 0.1) is 0 Å². The summed E-state index contributed by atoms with van der Waals surface area (Å²) >= 11 is 3.85. The van der Waals surface area contributed by atoms with Gasteiger partial charge in [0.1, 0.15) is 0 Å². The van der Waals surface area contributed by atoms with Crippen LogP contribution in [0.1, 0.15) is 55.6 Å². The Bertz CT molecular complexity index is 377. The van der Waals surface area contributed by atoms with Gasteiger partial charge in [0.25, 0.3) is 0 Å². The van der Waals surface area contributed by atoms with E-state index in [4.69, 9.17) is 0 Å². The van der Waals surface area contributed by atoms with Crippen LogP contribution in [0.2, 0.25) is 0 Å². The van der Waals surface area contributed by atoms with Crippen molar-refractivity contribution >= 4 is 15.9 Å². The number of hydrogen-bond acceptors (Lipinski definition) is 0. The van der Waals surface area contributed by atoms with Crippen LogP contribution in [0, 0.1) is 5.92 Å². The Morgan fingerprint density at radius 3 is 2.53 bits per heavy atom. The van der Waals surface area contributed by atoms with Crippen LogP contribution in [0.25, 0.3) is 0 Å². The van der Waals surface area contributed by atoms with Crippen LogP contribution in [0.3, 0.4) is 0 Å². The first-order chi connectivity index (χ1) is 8.34. The SMILES string of the molecule is BrC(CCc1ccccc1C1CCC1)C1CC1. The van der Waals surface area contributed by atoms with Crippen molar-refractivity contribution in [3.8, 4) is 0 Å². The molecule has 1 aromatic carbocycles. The van der Waals surface area contributed by atoms with Gasteiger partial charge in [-0.05, 0) is 61.5 Å². The molecule has 3 rings (SSSR count). The summed E-state index contributed by atoms with van der Waals surface area (Å²) in [5.41, 5.74) is 3.26. The van der Waals surface area contributed by atoms with Gasteiger partial charge in [0, 0.05) is 4.83 Å². The highest BCUT2D eigenvalue weighted by Crippen LogP contribution is 2.40. The Labute approximate surface area is 113 Å². The van der Waals surface area contributed by atoms with Crippen molar-refractivity contribution in [3.05, 3.63) is 35.4 Å². The van der Waals surface area contributed by atoms with E-state index in [2.05, 4.69) is 40.2 Å². The molecule has 1 unspecified atom stereocenters. The molecule has 0 aliphatic heterocycles. The fourth-order valence-corrected chi connectivity index (χ4v) is 3.62. The van der Waals surface area contributed by atoms with Crippen LogP contribution >= 0.6 is 15.9 Å². The molecule has 0 N–H and O–H groups in total. The summed E-state index contributed by atoms with van der Waals surface area (Å²) in [6.45, 7) is 0. The molecule has 2 aliphatic carbocycles. The topological polar surface area (TPSA) is 0 Å². The lowest BCUT2D eigenvalue weighted by molar-refractivity contribution is 0.417. The second-order valence-corrected chi connectivity index (χ2v) is 6.89. The average Bonchev–Trinajstić information content (AvgIpc) is 3.09. The van der Waals surface area contributed by atoms with Crippen molar-refractivity contribution < 1.29 is 0 Å². The van der Waals surface area contributed by atoms with Crippen LogP contribution in [-0.4, -0.2) is 4.83 Å². The second-order valence-electron chi connectivity index (χ2n) is 5.72. The van der Waals surface area contributed by atoms with Gasteiger partial charge in [-0.3, -0.25) is 0 Å². The molecule has 1 heteroatoms. The van der Waals surface area contributed by atoms with Crippen LogP contribution in [0.5, 0.6) is 0 Å². The molecule has 2 saturated carbocycles.